The molecule has 1 N–H and O–H groups in total. The van der Waals surface area contributed by atoms with E-state index in [0.717, 1.165) is 10.8 Å². The number of nitrogens with one attached hydrogen (secondary N) is 1. The SMILES string of the molecule is CCC(NC(=O)OC(C)(C)C)C(=O)Oc1ccc2c(c1)oc(=O)c1ccccc12. The molecule has 0 aliphatic rings. The normalized spacial score (nSPS) is 12.6. The maximum atomic E-state index is 12.5. The third kappa shape index (κ3) is 4.74. The number of esters is 1. The highest BCUT2D eigenvalue weighted by atomic mass is 16.6. The van der Waals surface area contributed by atoms with Gasteiger partial charge in [0, 0.05) is 11.5 Å². The van der Waals surface area contributed by atoms with Crippen molar-refractivity contribution in [1.29, 1.82) is 0 Å². The van der Waals surface area contributed by atoms with E-state index in [0.29, 0.717) is 17.4 Å². The fourth-order valence-corrected chi connectivity index (χ4v) is 2.89. The van der Waals surface area contributed by atoms with Crippen molar-refractivity contribution in [2.24, 2.45) is 0 Å². The number of carbonyl (C=O) groups excluding carboxylic acids is 2. The number of benzene rings is 2. The van der Waals surface area contributed by atoms with Crippen molar-refractivity contribution < 1.29 is 23.5 Å². The van der Waals surface area contributed by atoms with E-state index >= 15 is 0 Å². The van der Waals surface area contributed by atoms with Gasteiger partial charge < -0.3 is 19.2 Å². The van der Waals surface area contributed by atoms with Gasteiger partial charge in [-0.15, -0.1) is 0 Å². The Morgan fingerprint density at radius 1 is 1.07 bits per heavy atom. The lowest BCUT2D eigenvalue weighted by atomic mass is 10.1. The summed E-state index contributed by atoms with van der Waals surface area (Å²) in [6.45, 7) is 6.95. The summed E-state index contributed by atoms with van der Waals surface area (Å²) in [5.41, 5.74) is -0.827. The number of alkyl carbamates (subject to hydrolysis) is 1. The Morgan fingerprint density at radius 2 is 1.76 bits per heavy atom. The Labute approximate surface area is 167 Å². The van der Waals surface area contributed by atoms with E-state index < -0.39 is 29.3 Å². The van der Waals surface area contributed by atoms with E-state index in [1.807, 2.05) is 12.1 Å². The van der Waals surface area contributed by atoms with E-state index in [9.17, 15) is 14.4 Å². The first-order valence-corrected chi connectivity index (χ1v) is 9.35. The molecular formula is C22H23NO6. The molecule has 7 nitrogen and oxygen atoms in total. The summed E-state index contributed by atoms with van der Waals surface area (Å²) in [6.07, 6.45) is -0.372. The largest absolute Gasteiger partial charge is 0.444 e. The van der Waals surface area contributed by atoms with Crippen molar-refractivity contribution in [2.45, 2.75) is 45.8 Å². The molecule has 1 heterocycles. The van der Waals surface area contributed by atoms with Crippen LogP contribution in [0.3, 0.4) is 0 Å². The molecule has 0 radical (unpaired) electrons. The Balaban J connectivity index is 1.81. The van der Waals surface area contributed by atoms with Gasteiger partial charge in [-0.05, 0) is 50.8 Å². The van der Waals surface area contributed by atoms with Gasteiger partial charge in [0.1, 0.15) is 23.0 Å². The van der Waals surface area contributed by atoms with Crippen molar-refractivity contribution in [1.82, 2.24) is 5.32 Å². The molecule has 0 saturated carbocycles. The maximum Gasteiger partial charge on any atom is 0.408 e. The monoisotopic (exact) mass is 397 g/mol. The molecule has 1 amide bonds. The summed E-state index contributed by atoms with van der Waals surface area (Å²) >= 11 is 0. The first-order valence-electron chi connectivity index (χ1n) is 9.35. The number of carbonyl (C=O) groups is 2. The van der Waals surface area contributed by atoms with Crippen molar-refractivity contribution >= 4 is 33.8 Å². The number of hydrogen-bond donors (Lipinski definition) is 1. The summed E-state index contributed by atoms with van der Waals surface area (Å²) in [7, 11) is 0. The molecule has 0 fully saturated rings. The van der Waals surface area contributed by atoms with E-state index in [-0.39, 0.29) is 5.75 Å². The highest BCUT2D eigenvalue weighted by Crippen LogP contribution is 2.26. The molecule has 1 unspecified atom stereocenters. The Morgan fingerprint density at radius 3 is 2.41 bits per heavy atom. The molecular weight excluding hydrogens is 374 g/mol. The zero-order chi connectivity index (χ0) is 21.2. The van der Waals surface area contributed by atoms with Gasteiger partial charge in [-0.2, -0.15) is 0 Å². The first kappa shape index (κ1) is 20.4. The Bertz CT molecular complexity index is 1130. The minimum Gasteiger partial charge on any atom is -0.444 e. The van der Waals surface area contributed by atoms with Crippen LogP contribution in [0.2, 0.25) is 0 Å². The zero-order valence-corrected chi connectivity index (χ0v) is 16.8. The molecule has 0 aliphatic carbocycles. The molecule has 1 aromatic heterocycles. The van der Waals surface area contributed by atoms with Crippen LogP contribution in [0.15, 0.2) is 51.7 Å². The highest BCUT2D eigenvalue weighted by Gasteiger charge is 2.24. The van der Waals surface area contributed by atoms with Crippen LogP contribution in [-0.2, 0) is 9.53 Å². The number of fused-ring (bicyclic) bond motifs is 3. The highest BCUT2D eigenvalue weighted by molar-refractivity contribution is 6.04. The summed E-state index contributed by atoms with van der Waals surface area (Å²) < 4.78 is 15.9. The van der Waals surface area contributed by atoms with Crippen LogP contribution in [0.5, 0.6) is 5.75 Å². The standard InChI is InChI=1S/C22H23NO6/c1-5-17(23-21(26)29-22(2,3)4)20(25)27-13-10-11-15-14-8-6-7-9-16(14)19(24)28-18(15)12-13/h6-12,17H,5H2,1-4H3,(H,23,26). The van der Waals surface area contributed by atoms with Crippen LogP contribution >= 0.6 is 0 Å². The fourth-order valence-electron chi connectivity index (χ4n) is 2.89. The molecule has 0 bridgehead atoms. The van der Waals surface area contributed by atoms with E-state index in [4.69, 9.17) is 13.9 Å². The van der Waals surface area contributed by atoms with Crippen molar-refractivity contribution in [2.75, 3.05) is 0 Å². The quantitative estimate of drug-likeness (QED) is 0.307. The topological polar surface area (TPSA) is 94.8 Å². The van der Waals surface area contributed by atoms with Crippen LogP contribution in [0.4, 0.5) is 4.79 Å². The van der Waals surface area contributed by atoms with E-state index in [1.54, 1.807) is 52.0 Å². The maximum absolute atomic E-state index is 12.5. The molecule has 0 saturated heterocycles. The average molecular weight is 397 g/mol. The minimum atomic E-state index is -0.871. The summed E-state index contributed by atoms with van der Waals surface area (Å²) in [5.74, 6) is -0.425. The van der Waals surface area contributed by atoms with Gasteiger partial charge in [-0.1, -0.05) is 25.1 Å². The van der Waals surface area contributed by atoms with Gasteiger partial charge >= 0.3 is 17.7 Å². The number of amides is 1. The molecule has 0 aliphatic heterocycles. The molecule has 1 atom stereocenters. The number of ether oxygens (including phenoxy) is 2. The Kier molecular flexibility index (Phi) is 5.59. The second kappa shape index (κ2) is 7.95. The van der Waals surface area contributed by atoms with Crippen LogP contribution in [0, 0.1) is 0 Å². The van der Waals surface area contributed by atoms with Crippen molar-refractivity contribution in [3.8, 4) is 5.75 Å². The second-order valence-corrected chi connectivity index (χ2v) is 7.62. The van der Waals surface area contributed by atoms with Crippen molar-refractivity contribution in [3.05, 3.63) is 52.9 Å². The number of hydrogen-bond acceptors (Lipinski definition) is 6. The average Bonchev–Trinajstić information content (AvgIpc) is 2.64. The molecule has 3 aromatic rings. The third-order valence-corrected chi connectivity index (χ3v) is 4.20. The minimum absolute atomic E-state index is 0.213. The van der Waals surface area contributed by atoms with Gasteiger partial charge in [0.15, 0.2) is 0 Å². The second-order valence-electron chi connectivity index (χ2n) is 7.62. The van der Waals surface area contributed by atoms with Gasteiger partial charge in [-0.3, -0.25) is 0 Å². The van der Waals surface area contributed by atoms with Gasteiger partial charge in [0.25, 0.3) is 0 Å². The smallest absolute Gasteiger partial charge is 0.408 e. The molecule has 2 aromatic carbocycles. The van der Waals surface area contributed by atoms with E-state index in [2.05, 4.69) is 5.32 Å². The number of rotatable bonds is 4. The van der Waals surface area contributed by atoms with Crippen LogP contribution < -0.4 is 15.7 Å². The predicted molar refractivity (Wildman–Crippen MR) is 109 cm³/mol. The van der Waals surface area contributed by atoms with E-state index in [1.165, 1.54) is 6.07 Å². The van der Waals surface area contributed by atoms with Crippen LogP contribution in [0.25, 0.3) is 21.7 Å². The summed E-state index contributed by atoms with van der Waals surface area (Å²) in [5, 5.41) is 4.48. The third-order valence-electron chi connectivity index (χ3n) is 4.20. The van der Waals surface area contributed by atoms with Crippen LogP contribution in [-0.4, -0.2) is 23.7 Å². The molecule has 7 heteroatoms. The summed E-state index contributed by atoms with van der Waals surface area (Å²) in [4.78, 5) is 36.6. The Hall–Kier alpha value is -3.35. The summed E-state index contributed by atoms with van der Waals surface area (Å²) in [6, 6.07) is 11.1. The molecule has 3 rings (SSSR count). The molecule has 0 spiro atoms. The fraction of sp³-hybridized carbons (Fsp3) is 0.318. The lowest BCUT2D eigenvalue weighted by Crippen LogP contribution is -2.44. The van der Waals surface area contributed by atoms with Gasteiger partial charge in [0.05, 0.1) is 5.39 Å². The lowest BCUT2D eigenvalue weighted by Gasteiger charge is -2.22. The first-order chi connectivity index (χ1) is 13.7. The lowest BCUT2D eigenvalue weighted by molar-refractivity contribution is -0.136. The van der Waals surface area contributed by atoms with Crippen molar-refractivity contribution in [3.63, 3.8) is 0 Å². The molecule has 29 heavy (non-hydrogen) atoms. The molecule has 152 valence electrons. The van der Waals surface area contributed by atoms with Crippen LogP contribution in [0.1, 0.15) is 34.1 Å². The zero-order valence-electron chi connectivity index (χ0n) is 16.8. The van der Waals surface area contributed by atoms with Gasteiger partial charge in [-0.25, -0.2) is 14.4 Å². The predicted octanol–water partition coefficient (Wildman–Crippen LogP) is 4.15. The van der Waals surface area contributed by atoms with Gasteiger partial charge in [0.2, 0.25) is 0 Å².